The Kier molecular flexibility index (Phi) is 10.1. The average Bonchev–Trinajstić information content (AvgIpc) is 2.93. The van der Waals surface area contributed by atoms with Gasteiger partial charge >= 0.3 is 6.09 Å². The van der Waals surface area contributed by atoms with E-state index in [1.807, 2.05) is 26.8 Å². The van der Waals surface area contributed by atoms with E-state index in [2.05, 4.69) is 25.6 Å². The maximum atomic E-state index is 12.9. The summed E-state index contributed by atoms with van der Waals surface area (Å²) in [7, 11) is -2.15. The summed E-state index contributed by atoms with van der Waals surface area (Å²) in [5.41, 5.74) is 1.27. The Balaban J connectivity index is 1.31. The molecule has 10 nitrogen and oxygen atoms in total. The van der Waals surface area contributed by atoms with Gasteiger partial charge in [-0.3, -0.25) is 4.98 Å². The van der Waals surface area contributed by atoms with E-state index in [9.17, 15) is 13.2 Å². The number of ether oxygens (including phenoxy) is 2. The second kappa shape index (κ2) is 13.5. The highest BCUT2D eigenvalue weighted by Gasteiger charge is 2.25. The number of benzene rings is 1. The molecule has 1 amide bonds. The van der Waals surface area contributed by atoms with Crippen molar-refractivity contribution < 1.29 is 22.7 Å². The topological polar surface area (TPSA) is 132 Å². The normalized spacial score (nSPS) is 17.5. The molecular formula is C30H36ClN5O5S. The van der Waals surface area contributed by atoms with Gasteiger partial charge in [0.05, 0.1) is 22.8 Å². The first kappa shape index (κ1) is 31.2. The lowest BCUT2D eigenvalue weighted by Gasteiger charge is -2.30. The molecular weight excluding hydrogens is 578 g/mol. The number of methoxy groups -OCH3 is 1. The molecule has 3 aromatic rings. The summed E-state index contributed by atoms with van der Waals surface area (Å²) in [6.45, 7) is 5.54. The van der Waals surface area contributed by atoms with Crippen LogP contribution < -0.4 is 15.4 Å². The van der Waals surface area contributed by atoms with Crippen LogP contribution in [-0.2, 0) is 20.3 Å². The molecule has 224 valence electrons. The van der Waals surface area contributed by atoms with E-state index in [-0.39, 0.29) is 33.8 Å². The van der Waals surface area contributed by atoms with Crippen molar-refractivity contribution in [3.63, 3.8) is 0 Å². The molecule has 2 aromatic heterocycles. The molecule has 1 aliphatic rings. The van der Waals surface area contributed by atoms with E-state index in [1.165, 1.54) is 19.4 Å². The molecule has 1 aliphatic carbocycles. The predicted molar refractivity (Wildman–Crippen MR) is 163 cm³/mol. The van der Waals surface area contributed by atoms with Gasteiger partial charge in [-0.25, -0.2) is 23.2 Å². The highest BCUT2D eigenvalue weighted by molar-refractivity contribution is 7.90. The summed E-state index contributed by atoms with van der Waals surface area (Å²) in [6, 6.07) is 8.32. The fourth-order valence-electron chi connectivity index (χ4n) is 4.57. The molecule has 12 heteroatoms. The van der Waals surface area contributed by atoms with Crippen molar-refractivity contribution in [3.05, 3.63) is 70.8 Å². The summed E-state index contributed by atoms with van der Waals surface area (Å²) in [4.78, 5) is 25.4. The van der Waals surface area contributed by atoms with Crippen LogP contribution in [0.2, 0.25) is 5.02 Å². The number of halogens is 1. The second-order valence-electron chi connectivity index (χ2n) is 11.1. The number of anilines is 1. The fourth-order valence-corrected chi connectivity index (χ4v) is 6.46. The van der Waals surface area contributed by atoms with E-state index >= 15 is 0 Å². The summed E-state index contributed by atoms with van der Waals surface area (Å²) in [5, 5.41) is 6.50. The average molecular weight is 614 g/mol. The Labute approximate surface area is 251 Å². The van der Waals surface area contributed by atoms with E-state index in [0.29, 0.717) is 23.0 Å². The van der Waals surface area contributed by atoms with Crippen LogP contribution in [0.15, 0.2) is 53.8 Å². The maximum Gasteiger partial charge on any atom is 0.407 e. The van der Waals surface area contributed by atoms with E-state index < -0.39 is 15.4 Å². The number of carbonyl (C=O) groups excluding carboxylic acids is 1. The van der Waals surface area contributed by atoms with Crippen molar-refractivity contribution >= 4 is 45.6 Å². The molecule has 2 N–H and O–H groups in total. The number of alkyl carbamates (subject to hydrolysis) is 1. The molecule has 4 rings (SSSR count). The van der Waals surface area contributed by atoms with Gasteiger partial charge in [0, 0.05) is 36.2 Å². The maximum absolute atomic E-state index is 12.9. The van der Waals surface area contributed by atoms with Gasteiger partial charge in [0.15, 0.2) is 9.84 Å². The molecule has 1 fully saturated rings. The number of aromatic nitrogens is 3. The van der Waals surface area contributed by atoms with Crippen LogP contribution in [0.4, 0.5) is 10.7 Å². The number of sulfone groups is 1. The highest BCUT2D eigenvalue weighted by Crippen LogP contribution is 2.27. The first-order valence-electron chi connectivity index (χ1n) is 13.7. The van der Waals surface area contributed by atoms with Gasteiger partial charge in [0.1, 0.15) is 17.0 Å². The third-order valence-corrected chi connectivity index (χ3v) is 8.75. The molecule has 0 unspecified atom stereocenters. The monoisotopic (exact) mass is 613 g/mol. The highest BCUT2D eigenvalue weighted by atomic mass is 35.5. The number of hydrogen-bond acceptors (Lipinski definition) is 9. The van der Waals surface area contributed by atoms with E-state index in [0.717, 1.165) is 31.2 Å². The largest absolute Gasteiger partial charge is 0.494 e. The van der Waals surface area contributed by atoms with Crippen LogP contribution >= 0.6 is 11.6 Å². The molecule has 1 saturated carbocycles. The van der Waals surface area contributed by atoms with Crippen LogP contribution in [0, 0.1) is 0 Å². The van der Waals surface area contributed by atoms with Crippen molar-refractivity contribution in [2.24, 2.45) is 0 Å². The Morgan fingerprint density at radius 3 is 2.33 bits per heavy atom. The minimum absolute atomic E-state index is 0.0791. The summed E-state index contributed by atoms with van der Waals surface area (Å²) in [6.07, 6.45) is 11.6. The van der Waals surface area contributed by atoms with E-state index in [1.54, 1.807) is 42.7 Å². The van der Waals surface area contributed by atoms with Gasteiger partial charge in [-0.2, -0.15) is 0 Å². The zero-order chi connectivity index (χ0) is 30.3. The number of hydrogen-bond donors (Lipinski definition) is 2. The minimum Gasteiger partial charge on any atom is -0.494 e. The van der Waals surface area contributed by atoms with Gasteiger partial charge in [-0.15, -0.1) is 0 Å². The number of nitrogens with zero attached hydrogens (tertiary/aromatic N) is 3. The molecule has 0 atom stereocenters. The number of nitrogens with one attached hydrogen (secondary N) is 2. The molecule has 0 bridgehead atoms. The van der Waals surface area contributed by atoms with Crippen LogP contribution in [-0.4, -0.2) is 54.3 Å². The number of amides is 1. The number of rotatable bonds is 9. The molecule has 0 radical (unpaired) electrons. The van der Waals surface area contributed by atoms with Crippen molar-refractivity contribution in [2.45, 2.75) is 74.8 Å². The van der Waals surface area contributed by atoms with Gasteiger partial charge in [-0.1, -0.05) is 23.7 Å². The summed E-state index contributed by atoms with van der Waals surface area (Å²) >= 11 is 6.09. The standard InChI is InChI=1S/C30H36ClN5O5S/c1-30(2,3)41-29(37)36-23-12-10-22(11-13-23)35-28-33-16-20(17-34-28)9-14-25-26(40-4)15-21(18-32-25)19-42(38,39)27-8-6-5-7-24(27)31/h5-9,14-18,22-23H,10-13,19H2,1-4H3,(H,36,37)(H,33,34,35)/b14-9+. The first-order valence-corrected chi connectivity index (χ1v) is 15.7. The van der Waals surface area contributed by atoms with Crippen LogP contribution in [0.1, 0.15) is 63.3 Å². The molecule has 0 aliphatic heterocycles. The van der Waals surface area contributed by atoms with Gasteiger partial charge in [-0.05, 0) is 82.4 Å². The molecule has 2 heterocycles. The van der Waals surface area contributed by atoms with Crippen LogP contribution in [0.3, 0.4) is 0 Å². The number of carbonyl (C=O) groups is 1. The minimum atomic E-state index is -3.66. The Hall–Kier alpha value is -3.70. The Bertz CT molecular complexity index is 1520. The Morgan fingerprint density at radius 2 is 1.69 bits per heavy atom. The predicted octanol–water partition coefficient (Wildman–Crippen LogP) is 5.93. The van der Waals surface area contributed by atoms with Crippen molar-refractivity contribution in [3.8, 4) is 5.75 Å². The lowest BCUT2D eigenvalue weighted by molar-refractivity contribution is 0.0492. The SMILES string of the molecule is COc1cc(CS(=O)(=O)c2ccccc2Cl)cnc1/C=C/c1cnc(NC2CCC(NC(=O)OC(C)(C)C)CC2)nc1. The molecule has 42 heavy (non-hydrogen) atoms. The van der Waals surface area contributed by atoms with Gasteiger partial charge in [0.25, 0.3) is 0 Å². The third kappa shape index (κ3) is 8.90. The molecule has 0 saturated heterocycles. The van der Waals surface area contributed by atoms with Crippen LogP contribution in [0.5, 0.6) is 5.75 Å². The van der Waals surface area contributed by atoms with Crippen LogP contribution in [0.25, 0.3) is 12.2 Å². The molecule has 1 aromatic carbocycles. The lowest BCUT2D eigenvalue weighted by atomic mass is 9.91. The Morgan fingerprint density at radius 1 is 1.02 bits per heavy atom. The second-order valence-corrected chi connectivity index (χ2v) is 13.5. The van der Waals surface area contributed by atoms with Crippen molar-refractivity contribution in [1.29, 1.82) is 0 Å². The smallest absolute Gasteiger partial charge is 0.407 e. The zero-order valence-corrected chi connectivity index (χ0v) is 25.7. The van der Waals surface area contributed by atoms with Gasteiger partial charge in [0.2, 0.25) is 5.95 Å². The quantitative estimate of drug-likeness (QED) is 0.301. The zero-order valence-electron chi connectivity index (χ0n) is 24.1. The third-order valence-electron chi connectivity index (χ3n) is 6.57. The summed E-state index contributed by atoms with van der Waals surface area (Å²) < 4.78 is 36.5. The van der Waals surface area contributed by atoms with Gasteiger partial charge < -0.3 is 20.1 Å². The number of pyridine rings is 1. The first-order chi connectivity index (χ1) is 19.9. The van der Waals surface area contributed by atoms with Crippen molar-refractivity contribution in [1.82, 2.24) is 20.3 Å². The van der Waals surface area contributed by atoms with Crippen molar-refractivity contribution in [2.75, 3.05) is 12.4 Å². The van der Waals surface area contributed by atoms with E-state index in [4.69, 9.17) is 21.1 Å². The summed E-state index contributed by atoms with van der Waals surface area (Å²) in [5.74, 6) is 0.721. The molecule has 0 spiro atoms. The lowest BCUT2D eigenvalue weighted by Crippen LogP contribution is -2.42. The fraction of sp³-hybridized carbons (Fsp3) is 0.400.